The molecule has 34 heavy (non-hydrogen) atoms. The molecule has 2 saturated heterocycles. The van der Waals surface area contributed by atoms with Gasteiger partial charge in [-0.05, 0) is 13.3 Å². The van der Waals surface area contributed by atoms with Crippen molar-refractivity contribution in [1.29, 1.82) is 0 Å². The Morgan fingerprint density at radius 2 is 1.41 bits per heavy atom. The van der Waals surface area contributed by atoms with Gasteiger partial charge in [0.05, 0.1) is 25.4 Å². The van der Waals surface area contributed by atoms with Crippen LogP contribution in [0.3, 0.4) is 0 Å². The van der Waals surface area contributed by atoms with E-state index in [2.05, 4.69) is 0 Å². The monoisotopic (exact) mass is 504 g/mol. The van der Waals surface area contributed by atoms with E-state index in [1.54, 1.807) is 0 Å². The maximum Gasteiger partial charge on any atom is 0.187 e. The molecule has 0 aromatic carbocycles. The molecule has 2 heterocycles. The Morgan fingerprint density at radius 1 is 0.765 bits per heavy atom. The van der Waals surface area contributed by atoms with Gasteiger partial charge < -0.3 is 75.1 Å². The summed E-state index contributed by atoms with van der Waals surface area (Å²) < 4.78 is 21.2. The van der Waals surface area contributed by atoms with Crippen molar-refractivity contribution < 1.29 is 75.1 Å². The highest BCUT2D eigenvalue weighted by Crippen LogP contribution is 2.29. The van der Waals surface area contributed by atoms with E-state index in [4.69, 9.17) is 24.1 Å². The average molecular weight is 504 g/mol. The van der Waals surface area contributed by atoms with Crippen molar-refractivity contribution in [2.75, 3.05) is 19.8 Å². The van der Waals surface area contributed by atoms with E-state index >= 15 is 0 Å². The lowest BCUT2D eigenvalue weighted by atomic mass is 9.94. The lowest BCUT2D eigenvalue weighted by Gasteiger charge is -2.46. The van der Waals surface area contributed by atoms with Crippen molar-refractivity contribution in [3.05, 3.63) is 0 Å². The Hall–Kier alpha value is -0.600. The predicted octanol–water partition coefficient (Wildman–Crippen LogP) is -6.52. The molecular weight excluding hydrogens is 468 g/mol. The Balaban J connectivity index is 2.01. The first-order chi connectivity index (χ1) is 15.9. The van der Waals surface area contributed by atoms with Gasteiger partial charge in [-0.2, -0.15) is 0 Å². The molecule has 11 N–H and O–H groups in total. The van der Waals surface area contributed by atoms with Crippen LogP contribution in [0, 0.1) is 0 Å². The number of rotatable bonds is 11. The first-order valence-corrected chi connectivity index (χ1v) is 10.9. The summed E-state index contributed by atoms with van der Waals surface area (Å²) in [6, 6.07) is 0. The van der Waals surface area contributed by atoms with E-state index in [-0.39, 0.29) is 6.42 Å². The summed E-state index contributed by atoms with van der Waals surface area (Å²) >= 11 is 0. The number of aliphatic hydroxyl groups excluding tert-OH is 11. The van der Waals surface area contributed by atoms with Gasteiger partial charge >= 0.3 is 0 Å². The SMILES string of the molecule is C[C@@H]1OC(CO[C@@H](O)C(O)[C@@H](O)[C@H](O)CCO)[C@@H](O)[C@H](O[C@H]2O[C@@H](CO)[C@@H](O)C(O)C2O)C1O. The smallest absolute Gasteiger partial charge is 0.187 e. The van der Waals surface area contributed by atoms with Crippen molar-refractivity contribution in [2.45, 2.75) is 99.2 Å². The molecule has 15 nitrogen and oxygen atoms in total. The zero-order valence-electron chi connectivity index (χ0n) is 18.5. The van der Waals surface area contributed by atoms with Crippen LogP contribution in [0.1, 0.15) is 13.3 Å². The summed E-state index contributed by atoms with van der Waals surface area (Å²) in [5.41, 5.74) is 0. The fourth-order valence-corrected chi connectivity index (χ4v) is 3.74. The van der Waals surface area contributed by atoms with E-state index in [1.165, 1.54) is 6.92 Å². The van der Waals surface area contributed by atoms with E-state index in [0.29, 0.717) is 0 Å². The molecule has 0 aromatic heterocycles. The van der Waals surface area contributed by atoms with Gasteiger partial charge in [-0.25, -0.2) is 0 Å². The van der Waals surface area contributed by atoms with Gasteiger partial charge in [0.1, 0.15) is 61.0 Å². The molecule has 0 radical (unpaired) electrons. The van der Waals surface area contributed by atoms with Gasteiger partial charge in [0.15, 0.2) is 12.6 Å². The summed E-state index contributed by atoms with van der Waals surface area (Å²) in [6.07, 6.45) is -22.5. The van der Waals surface area contributed by atoms with Crippen molar-refractivity contribution in [1.82, 2.24) is 0 Å². The summed E-state index contributed by atoms with van der Waals surface area (Å²) in [4.78, 5) is 0. The van der Waals surface area contributed by atoms with E-state index in [9.17, 15) is 51.1 Å². The van der Waals surface area contributed by atoms with Crippen LogP contribution >= 0.6 is 0 Å². The molecule has 14 atom stereocenters. The van der Waals surface area contributed by atoms with Gasteiger partial charge in [-0.15, -0.1) is 0 Å². The minimum atomic E-state index is -2.02. The number of hydrogen-bond donors (Lipinski definition) is 11. The first kappa shape index (κ1) is 29.6. The van der Waals surface area contributed by atoms with Crippen LogP contribution in [0.4, 0.5) is 0 Å². The fourth-order valence-electron chi connectivity index (χ4n) is 3.74. The fraction of sp³-hybridized carbons (Fsp3) is 1.00. The molecule has 0 bridgehead atoms. The molecule has 2 aliphatic rings. The highest BCUT2D eigenvalue weighted by atomic mass is 16.7. The van der Waals surface area contributed by atoms with E-state index in [0.717, 1.165) is 0 Å². The van der Waals surface area contributed by atoms with Gasteiger partial charge in [0.2, 0.25) is 0 Å². The third-order valence-corrected chi connectivity index (χ3v) is 5.96. The summed E-state index contributed by atoms with van der Waals surface area (Å²) in [5.74, 6) is 0. The quantitative estimate of drug-likeness (QED) is 0.117. The summed E-state index contributed by atoms with van der Waals surface area (Å²) in [6.45, 7) is -0.336. The Kier molecular flexibility index (Phi) is 11.4. The Labute approximate surface area is 194 Å². The van der Waals surface area contributed by atoms with Gasteiger partial charge in [-0.3, -0.25) is 0 Å². The normalized spacial score (nSPS) is 42.7. The third kappa shape index (κ3) is 6.78. The lowest BCUT2D eigenvalue weighted by Crippen LogP contribution is -2.64. The number of ether oxygens (including phenoxy) is 4. The molecule has 0 amide bonds. The standard InChI is InChI=1S/C19H36O15/c1-6-10(23)17(34-19-16(29)14(27)12(25)8(4-21)33-19)13(26)9(32-6)5-31-18(30)15(28)11(24)7(22)2-3-20/h6-30H,2-5H2,1H3/t6-,7+,8-,9?,10?,11-,12+,13+,14?,15?,16?,17+,18+,19+/m0/s1. The molecule has 0 spiro atoms. The maximum atomic E-state index is 10.6. The molecule has 0 saturated carbocycles. The van der Waals surface area contributed by atoms with Gasteiger partial charge in [0, 0.05) is 6.61 Å². The van der Waals surface area contributed by atoms with Crippen LogP contribution < -0.4 is 0 Å². The number of aliphatic hydroxyl groups is 11. The zero-order chi connectivity index (χ0) is 25.7. The Bertz CT molecular complexity index is 596. The van der Waals surface area contributed by atoms with Gasteiger partial charge in [0.25, 0.3) is 0 Å². The lowest BCUT2D eigenvalue weighted by molar-refractivity contribution is -0.342. The molecule has 0 aliphatic carbocycles. The van der Waals surface area contributed by atoms with Crippen molar-refractivity contribution in [3.8, 4) is 0 Å². The second kappa shape index (κ2) is 13.1. The molecule has 5 unspecified atom stereocenters. The largest absolute Gasteiger partial charge is 0.396 e. The highest BCUT2D eigenvalue weighted by molar-refractivity contribution is 4.95. The van der Waals surface area contributed by atoms with E-state index < -0.39 is 106 Å². The van der Waals surface area contributed by atoms with Crippen molar-refractivity contribution >= 4 is 0 Å². The van der Waals surface area contributed by atoms with Crippen LogP contribution in [-0.2, 0) is 18.9 Å². The molecule has 0 aromatic rings. The second-order valence-electron chi connectivity index (χ2n) is 8.44. The van der Waals surface area contributed by atoms with Crippen LogP contribution in [0.2, 0.25) is 0 Å². The second-order valence-corrected chi connectivity index (χ2v) is 8.44. The zero-order valence-corrected chi connectivity index (χ0v) is 18.5. The minimum absolute atomic E-state index is 0.262. The number of hydrogen-bond acceptors (Lipinski definition) is 15. The topological polar surface area (TPSA) is 259 Å². The highest BCUT2D eigenvalue weighted by Gasteiger charge is 2.50. The summed E-state index contributed by atoms with van der Waals surface area (Å²) in [5, 5.41) is 108. The minimum Gasteiger partial charge on any atom is -0.396 e. The van der Waals surface area contributed by atoms with Crippen LogP contribution in [0.5, 0.6) is 0 Å². The first-order valence-electron chi connectivity index (χ1n) is 10.9. The van der Waals surface area contributed by atoms with Crippen molar-refractivity contribution in [3.63, 3.8) is 0 Å². The van der Waals surface area contributed by atoms with Crippen LogP contribution in [-0.4, -0.2) is 162 Å². The molecule has 2 rings (SSSR count). The van der Waals surface area contributed by atoms with Gasteiger partial charge in [-0.1, -0.05) is 0 Å². The van der Waals surface area contributed by atoms with Crippen LogP contribution in [0.15, 0.2) is 0 Å². The van der Waals surface area contributed by atoms with E-state index in [1.807, 2.05) is 0 Å². The van der Waals surface area contributed by atoms with Crippen molar-refractivity contribution in [2.24, 2.45) is 0 Å². The Morgan fingerprint density at radius 3 is 2.00 bits per heavy atom. The molecule has 2 fully saturated rings. The molecule has 202 valence electrons. The molecular formula is C19H36O15. The average Bonchev–Trinajstić information content (AvgIpc) is 2.81. The predicted molar refractivity (Wildman–Crippen MR) is 107 cm³/mol. The molecule has 15 heteroatoms. The summed E-state index contributed by atoms with van der Waals surface area (Å²) in [7, 11) is 0. The van der Waals surface area contributed by atoms with Crippen LogP contribution in [0.25, 0.3) is 0 Å². The maximum absolute atomic E-state index is 10.6. The molecule has 2 aliphatic heterocycles. The third-order valence-electron chi connectivity index (χ3n) is 5.96.